The molecule has 2 heterocycles. The molecule has 28 heavy (non-hydrogen) atoms. The maximum Gasteiger partial charge on any atom is 0.257 e. The fourth-order valence-electron chi connectivity index (χ4n) is 2.98. The molecule has 1 amide bonds. The lowest BCUT2D eigenvalue weighted by atomic mass is 10.2. The van der Waals surface area contributed by atoms with E-state index in [9.17, 15) is 9.18 Å². The standard InChI is InChI=1S/C21H17FN4O2/c1-12-9-15(11-16(10-12)28-2)24-21(27)17-7-8-23-20-18(17)25-19(26-20)13-3-5-14(22)6-4-13/h3-11H,1-2H3,(H,24,27)(H,23,25,26). The molecule has 0 atom stereocenters. The third-order valence-electron chi connectivity index (χ3n) is 4.30. The van der Waals surface area contributed by atoms with Crippen molar-refractivity contribution in [2.75, 3.05) is 12.4 Å². The number of imidazole rings is 1. The first-order valence-corrected chi connectivity index (χ1v) is 8.61. The predicted molar refractivity (Wildman–Crippen MR) is 105 cm³/mol. The van der Waals surface area contributed by atoms with Gasteiger partial charge in [-0.05, 0) is 55.0 Å². The van der Waals surface area contributed by atoms with E-state index in [1.54, 1.807) is 31.4 Å². The number of aryl methyl sites for hydroxylation is 1. The van der Waals surface area contributed by atoms with Crippen molar-refractivity contribution in [2.45, 2.75) is 6.92 Å². The lowest BCUT2D eigenvalue weighted by molar-refractivity contribution is 0.102. The van der Waals surface area contributed by atoms with Gasteiger partial charge >= 0.3 is 0 Å². The average Bonchev–Trinajstić information content (AvgIpc) is 3.12. The third-order valence-corrected chi connectivity index (χ3v) is 4.30. The number of hydrogen-bond acceptors (Lipinski definition) is 4. The molecule has 0 aliphatic carbocycles. The summed E-state index contributed by atoms with van der Waals surface area (Å²) in [6.07, 6.45) is 1.53. The van der Waals surface area contributed by atoms with Crippen molar-refractivity contribution in [3.63, 3.8) is 0 Å². The Balaban J connectivity index is 1.69. The van der Waals surface area contributed by atoms with Crippen LogP contribution in [0.25, 0.3) is 22.6 Å². The quantitative estimate of drug-likeness (QED) is 0.555. The SMILES string of the molecule is COc1cc(C)cc(NC(=O)c2ccnc3nc(-c4ccc(F)cc4)[nH]c23)c1. The maximum atomic E-state index is 13.2. The van der Waals surface area contributed by atoms with E-state index in [1.165, 1.54) is 18.3 Å². The Morgan fingerprint density at radius 3 is 2.68 bits per heavy atom. The minimum absolute atomic E-state index is 0.297. The molecule has 4 rings (SSSR count). The summed E-state index contributed by atoms with van der Waals surface area (Å²) in [7, 11) is 1.58. The van der Waals surface area contributed by atoms with Crippen LogP contribution in [0.3, 0.4) is 0 Å². The zero-order valence-corrected chi connectivity index (χ0v) is 15.3. The molecule has 0 radical (unpaired) electrons. The van der Waals surface area contributed by atoms with Gasteiger partial charge < -0.3 is 15.0 Å². The highest BCUT2D eigenvalue weighted by Crippen LogP contribution is 2.24. The summed E-state index contributed by atoms with van der Waals surface area (Å²) in [6, 6.07) is 13.1. The van der Waals surface area contributed by atoms with E-state index < -0.39 is 0 Å². The number of H-pyrrole nitrogens is 1. The molecule has 7 heteroatoms. The number of amides is 1. The number of aromatic nitrogens is 3. The van der Waals surface area contributed by atoms with Gasteiger partial charge in [-0.15, -0.1) is 0 Å². The molecular formula is C21H17FN4O2. The fraction of sp³-hybridized carbons (Fsp3) is 0.0952. The zero-order chi connectivity index (χ0) is 19.7. The van der Waals surface area contributed by atoms with Gasteiger partial charge in [0.2, 0.25) is 0 Å². The number of nitrogens with zero attached hydrogens (tertiary/aromatic N) is 2. The predicted octanol–water partition coefficient (Wildman–Crippen LogP) is 4.33. The monoisotopic (exact) mass is 376 g/mol. The van der Waals surface area contributed by atoms with Crippen LogP contribution < -0.4 is 10.1 Å². The molecule has 0 spiro atoms. The van der Waals surface area contributed by atoms with Gasteiger partial charge in [-0.25, -0.2) is 14.4 Å². The fourth-order valence-corrected chi connectivity index (χ4v) is 2.98. The number of halogens is 1. The second-order valence-corrected chi connectivity index (χ2v) is 6.34. The molecule has 2 aromatic carbocycles. The lowest BCUT2D eigenvalue weighted by Gasteiger charge is -2.09. The van der Waals surface area contributed by atoms with Crippen LogP contribution in [-0.4, -0.2) is 28.0 Å². The van der Waals surface area contributed by atoms with Crippen LogP contribution in [0.2, 0.25) is 0 Å². The molecule has 4 aromatic rings. The highest BCUT2D eigenvalue weighted by Gasteiger charge is 2.16. The average molecular weight is 376 g/mol. The molecule has 0 saturated carbocycles. The number of methoxy groups -OCH3 is 1. The molecule has 0 aliphatic rings. The van der Waals surface area contributed by atoms with Gasteiger partial charge in [-0.3, -0.25) is 4.79 Å². The Morgan fingerprint density at radius 2 is 1.93 bits per heavy atom. The molecule has 0 saturated heterocycles. The van der Waals surface area contributed by atoms with Gasteiger partial charge in [0.25, 0.3) is 5.91 Å². The van der Waals surface area contributed by atoms with Crippen LogP contribution in [0, 0.1) is 12.7 Å². The van der Waals surface area contributed by atoms with Gasteiger partial charge in [0.05, 0.1) is 18.2 Å². The van der Waals surface area contributed by atoms with Crippen molar-refractivity contribution in [3.8, 4) is 17.1 Å². The highest BCUT2D eigenvalue weighted by atomic mass is 19.1. The molecule has 6 nitrogen and oxygen atoms in total. The van der Waals surface area contributed by atoms with Gasteiger partial charge in [-0.2, -0.15) is 0 Å². The van der Waals surface area contributed by atoms with Crippen molar-refractivity contribution in [1.29, 1.82) is 0 Å². The van der Waals surface area contributed by atoms with Gasteiger partial charge in [0.1, 0.15) is 17.4 Å². The van der Waals surface area contributed by atoms with Crippen LogP contribution in [-0.2, 0) is 0 Å². The number of ether oxygens (including phenoxy) is 1. The first-order valence-electron chi connectivity index (χ1n) is 8.61. The van der Waals surface area contributed by atoms with Gasteiger partial charge in [0, 0.05) is 23.5 Å². The first kappa shape index (κ1) is 17.7. The molecule has 2 aromatic heterocycles. The topological polar surface area (TPSA) is 79.9 Å². The second-order valence-electron chi connectivity index (χ2n) is 6.34. The number of rotatable bonds is 4. The van der Waals surface area contributed by atoms with Gasteiger partial charge in [-0.1, -0.05) is 0 Å². The van der Waals surface area contributed by atoms with E-state index in [-0.39, 0.29) is 11.7 Å². The summed E-state index contributed by atoms with van der Waals surface area (Å²) in [6.45, 7) is 1.92. The number of nitrogens with one attached hydrogen (secondary N) is 2. The molecule has 0 unspecified atom stereocenters. The Bertz CT molecular complexity index is 1170. The number of pyridine rings is 1. The summed E-state index contributed by atoms with van der Waals surface area (Å²) >= 11 is 0. The highest BCUT2D eigenvalue weighted by molar-refractivity contribution is 6.11. The summed E-state index contributed by atoms with van der Waals surface area (Å²) in [5.74, 6) is 0.552. The minimum Gasteiger partial charge on any atom is -0.497 e. The lowest BCUT2D eigenvalue weighted by Crippen LogP contribution is -2.13. The van der Waals surface area contributed by atoms with Crippen molar-refractivity contribution >= 4 is 22.8 Å². The summed E-state index contributed by atoms with van der Waals surface area (Å²) < 4.78 is 18.4. The Morgan fingerprint density at radius 1 is 1.14 bits per heavy atom. The second kappa shape index (κ2) is 7.11. The molecular weight excluding hydrogens is 359 g/mol. The van der Waals surface area contributed by atoms with Gasteiger partial charge in [0.15, 0.2) is 5.65 Å². The number of carbonyl (C=O) groups excluding carboxylic acids is 1. The normalized spacial score (nSPS) is 10.8. The first-order chi connectivity index (χ1) is 13.5. The van der Waals surface area contributed by atoms with E-state index in [0.29, 0.717) is 39.6 Å². The number of anilines is 1. The number of fused-ring (bicyclic) bond motifs is 1. The molecule has 0 bridgehead atoms. The molecule has 0 fully saturated rings. The Labute approximate surface area is 160 Å². The van der Waals surface area contributed by atoms with Crippen molar-refractivity contribution < 1.29 is 13.9 Å². The minimum atomic E-state index is -0.327. The van der Waals surface area contributed by atoms with E-state index in [4.69, 9.17) is 4.74 Å². The van der Waals surface area contributed by atoms with Crippen LogP contribution in [0.15, 0.2) is 54.7 Å². The summed E-state index contributed by atoms with van der Waals surface area (Å²) in [5, 5.41) is 2.88. The Kier molecular flexibility index (Phi) is 4.49. The zero-order valence-electron chi connectivity index (χ0n) is 15.3. The van der Waals surface area contributed by atoms with Crippen LogP contribution in [0.1, 0.15) is 15.9 Å². The van der Waals surface area contributed by atoms with Crippen LogP contribution >= 0.6 is 0 Å². The smallest absolute Gasteiger partial charge is 0.257 e. The van der Waals surface area contributed by atoms with Crippen molar-refractivity contribution in [1.82, 2.24) is 15.0 Å². The molecule has 0 aliphatic heterocycles. The van der Waals surface area contributed by atoms with E-state index in [1.807, 2.05) is 19.1 Å². The van der Waals surface area contributed by atoms with Crippen molar-refractivity contribution in [3.05, 3.63) is 71.7 Å². The van der Waals surface area contributed by atoms with Crippen molar-refractivity contribution in [2.24, 2.45) is 0 Å². The van der Waals surface area contributed by atoms with Crippen LogP contribution in [0.4, 0.5) is 10.1 Å². The van der Waals surface area contributed by atoms with E-state index in [0.717, 1.165) is 5.56 Å². The largest absolute Gasteiger partial charge is 0.497 e. The summed E-state index contributed by atoms with van der Waals surface area (Å²) in [5.41, 5.74) is 3.63. The number of benzene rings is 2. The number of hydrogen-bond donors (Lipinski definition) is 2. The third kappa shape index (κ3) is 3.42. The molecule has 140 valence electrons. The Hall–Kier alpha value is -3.74. The number of aromatic amines is 1. The maximum absolute atomic E-state index is 13.2. The van der Waals surface area contributed by atoms with E-state index >= 15 is 0 Å². The summed E-state index contributed by atoms with van der Waals surface area (Å²) in [4.78, 5) is 24.6. The van der Waals surface area contributed by atoms with Crippen LogP contribution in [0.5, 0.6) is 5.75 Å². The van der Waals surface area contributed by atoms with E-state index in [2.05, 4.69) is 20.3 Å². The number of carbonyl (C=O) groups is 1. The molecule has 2 N–H and O–H groups in total.